The second-order valence-corrected chi connectivity index (χ2v) is 3.96. The fourth-order valence-electron chi connectivity index (χ4n) is 1.41. The Balaban J connectivity index is 0.000000845. The quantitative estimate of drug-likeness (QED) is 0.799. The van der Waals surface area contributed by atoms with Crippen LogP contribution in [0.15, 0.2) is 18.2 Å². The molecular formula is C9H10Cl3N. The Bertz CT molecular complexity index is 293. The molecule has 2 N–H and O–H groups in total. The Morgan fingerprint density at radius 3 is 2.08 bits per heavy atom. The summed E-state index contributed by atoms with van der Waals surface area (Å²) in [6.45, 7) is 0. The fourth-order valence-corrected chi connectivity index (χ4v) is 2.09. The Labute approximate surface area is 93.6 Å². The first-order valence-corrected chi connectivity index (χ1v) is 4.65. The molecule has 1 aromatic carbocycles. The van der Waals surface area contributed by atoms with Gasteiger partial charge < -0.3 is 5.73 Å². The van der Waals surface area contributed by atoms with E-state index < -0.39 is 0 Å². The molecule has 0 radical (unpaired) electrons. The van der Waals surface area contributed by atoms with Gasteiger partial charge in [0.25, 0.3) is 0 Å². The SMILES string of the molecule is Cl.NC1CC1c1c(Cl)cccc1Cl. The van der Waals surface area contributed by atoms with Crippen molar-refractivity contribution in [3.8, 4) is 0 Å². The Kier molecular flexibility index (Phi) is 3.47. The van der Waals surface area contributed by atoms with Gasteiger partial charge in [-0.1, -0.05) is 29.3 Å². The summed E-state index contributed by atoms with van der Waals surface area (Å²) in [5, 5.41) is 1.47. The highest BCUT2D eigenvalue weighted by atomic mass is 35.5. The van der Waals surface area contributed by atoms with Gasteiger partial charge in [-0.3, -0.25) is 0 Å². The van der Waals surface area contributed by atoms with Crippen LogP contribution in [0.3, 0.4) is 0 Å². The summed E-state index contributed by atoms with van der Waals surface area (Å²) < 4.78 is 0. The molecule has 1 saturated carbocycles. The molecule has 1 aliphatic rings. The largest absolute Gasteiger partial charge is 0.327 e. The van der Waals surface area contributed by atoms with Crippen LogP contribution in [0.2, 0.25) is 10.0 Å². The average molecular weight is 239 g/mol. The van der Waals surface area contributed by atoms with Crippen molar-refractivity contribution in [2.45, 2.75) is 18.4 Å². The molecule has 4 heteroatoms. The van der Waals surface area contributed by atoms with Crippen molar-refractivity contribution in [1.29, 1.82) is 0 Å². The topological polar surface area (TPSA) is 26.0 Å². The summed E-state index contributed by atoms with van der Waals surface area (Å²) >= 11 is 12.0. The van der Waals surface area contributed by atoms with Crippen LogP contribution in [-0.2, 0) is 0 Å². The van der Waals surface area contributed by atoms with E-state index in [1.165, 1.54) is 0 Å². The first-order valence-electron chi connectivity index (χ1n) is 3.89. The summed E-state index contributed by atoms with van der Waals surface area (Å²) in [6.07, 6.45) is 1.00. The van der Waals surface area contributed by atoms with Crippen molar-refractivity contribution < 1.29 is 0 Å². The molecule has 2 unspecified atom stereocenters. The third-order valence-corrected chi connectivity index (χ3v) is 2.87. The number of nitrogens with two attached hydrogens (primary N) is 1. The molecule has 1 fully saturated rings. The second kappa shape index (κ2) is 4.05. The van der Waals surface area contributed by atoms with Crippen LogP contribution in [-0.4, -0.2) is 6.04 Å². The lowest BCUT2D eigenvalue weighted by Gasteiger charge is -2.04. The van der Waals surface area contributed by atoms with Crippen LogP contribution < -0.4 is 5.73 Å². The predicted octanol–water partition coefficient (Wildman–Crippen LogP) is 3.23. The van der Waals surface area contributed by atoms with Gasteiger partial charge in [-0.25, -0.2) is 0 Å². The molecule has 1 aliphatic carbocycles. The molecule has 2 rings (SSSR count). The number of halogens is 3. The highest BCUT2D eigenvalue weighted by molar-refractivity contribution is 6.36. The highest BCUT2D eigenvalue weighted by Gasteiger charge is 2.37. The Hall–Kier alpha value is 0.0500. The molecule has 0 saturated heterocycles. The maximum atomic E-state index is 5.99. The normalized spacial score (nSPS) is 25.2. The zero-order valence-electron chi connectivity index (χ0n) is 6.84. The summed E-state index contributed by atoms with van der Waals surface area (Å²) in [6, 6.07) is 5.81. The van der Waals surface area contributed by atoms with E-state index in [0.29, 0.717) is 5.92 Å². The van der Waals surface area contributed by atoms with Gasteiger partial charge in [-0.05, 0) is 24.1 Å². The smallest absolute Gasteiger partial charge is 0.0456 e. The molecule has 0 aromatic heterocycles. The molecule has 0 amide bonds. The third-order valence-electron chi connectivity index (χ3n) is 2.21. The van der Waals surface area contributed by atoms with Crippen molar-refractivity contribution in [2.24, 2.45) is 5.73 Å². The molecule has 1 aromatic rings. The van der Waals surface area contributed by atoms with Gasteiger partial charge in [-0.2, -0.15) is 0 Å². The van der Waals surface area contributed by atoms with Crippen molar-refractivity contribution in [2.75, 3.05) is 0 Å². The van der Waals surface area contributed by atoms with Crippen molar-refractivity contribution >= 4 is 35.6 Å². The fraction of sp³-hybridized carbons (Fsp3) is 0.333. The molecule has 0 aliphatic heterocycles. The minimum absolute atomic E-state index is 0. The van der Waals surface area contributed by atoms with E-state index in [4.69, 9.17) is 28.9 Å². The van der Waals surface area contributed by atoms with E-state index in [0.717, 1.165) is 22.0 Å². The zero-order valence-corrected chi connectivity index (χ0v) is 9.16. The average Bonchev–Trinajstić information content (AvgIpc) is 2.67. The van der Waals surface area contributed by atoms with Gasteiger partial charge in [0.05, 0.1) is 0 Å². The lowest BCUT2D eigenvalue weighted by atomic mass is 10.1. The molecule has 13 heavy (non-hydrogen) atoms. The number of rotatable bonds is 1. The maximum Gasteiger partial charge on any atom is 0.0456 e. The van der Waals surface area contributed by atoms with Gasteiger partial charge in [-0.15, -0.1) is 12.4 Å². The van der Waals surface area contributed by atoms with Crippen molar-refractivity contribution in [3.63, 3.8) is 0 Å². The standard InChI is InChI=1S/C9H9Cl2N.ClH/c10-6-2-1-3-7(11)9(6)5-4-8(5)12;/h1-3,5,8H,4,12H2;1H. The van der Waals surface area contributed by atoms with Crippen LogP contribution >= 0.6 is 35.6 Å². The minimum atomic E-state index is 0. The monoisotopic (exact) mass is 237 g/mol. The van der Waals surface area contributed by atoms with Crippen LogP contribution in [0.1, 0.15) is 17.9 Å². The lowest BCUT2D eigenvalue weighted by Crippen LogP contribution is -2.01. The van der Waals surface area contributed by atoms with Crippen LogP contribution in [0.25, 0.3) is 0 Å². The number of hydrogen-bond donors (Lipinski definition) is 1. The van der Waals surface area contributed by atoms with Crippen LogP contribution in [0, 0.1) is 0 Å². The second-order valence-electron chi connectivity index (χ2n) is 3.14. The van der Waals surface area contributed by atoms with Gasteiger partial charge in [0, 0.05) is 22.0 Å². The molecule has 2 atom stereocenters. The minimum Gasteiger partial charge on any atom is -0.327 e. The van der Waals surface area contributed by atoms with E-state index in [1.54, 1.807) is 0 Å². The molecule has 0 spiro atoms. The summed E-state index contributed by atoms with van der Waals surface area (Å²) in [5.41, 5.74) is 6.74. The Morgan fingerprint density at radius 2 is 1.69 bits per heavy atom. The summed E-state index contributed by atoms with van der Waals surface area (Å²) in [7, 11) is 0. The Morgan fingerprint density at radius 1 is 1.23 bits per heavy atom. The number of benzene rings is 1. The van der Waals surface area contributed by atoms with Crippen molar-refractivity contribution in [3.05, 3.63) is 33.8 Å². The van der Waals surface area contributed by atoms with E-state index in [2.05, 4.69) is 0 Å². The van der Waals surface area contributed by atoms with Crippen LogP contribution in [0.4, 0.5) is 0 Å². The number of hydrogen-bond acceptors (Lipinski definition) is 1. The first-order chi connectivity index (χ1) is 5.70. The van der Waals surface area contributed by atoms with E-state index >= 15 is 0 Å². The molecular weight excluding hydrogens is 228 g/mol. The summed E-state index contributed by atoms with van der Waals surface area (Å²) in [5.74, 6) is 0.381. The van der Waals surface area contributed by atoms with Gasteiger partial charge in [0.1, 0.15) is 0 Å². The molecule has 72 valence electrons. The molecule has 1 nitrogen and oxygen atoms in total. The van der Waals surface area contributed by atoms with E-state index in [-0.39, 0.29) is 18.4 Å². The third kappa shape index (κ3) is 2.10. The van der Waals surface area contributed by atoms with E-state index in [9.17, 15) is 0 Å². The van der Waals surface area contributed by atoms with Crippen LogP contribution in [0.5, 0.6) is 0 Å². The van der Waals surface area contributed by atoms with Gasteiger partial charge in [0.2, 0.25) is 0 Å². The zero-order chi connectivity index (χ0) is 8.72. The van der Waals surface area contributed by atoms with Gasteiger partial charge >= 0.3 is 0 Å². The van der Waals surface area contributed by atoms with Crippen molar-refractivity contribution in [1.82, 2.24) is 0 Å². The highest BCUT2D eigenvalue weighted by Crippen LogP contribution is 2.45. The maximum absolute atomic E-state index is 5.99. The first kappa shape index (κ1) is 11.1. The lowest BCUT2D eigenvalue weighted by molar-refractivity contribution is 0.991. The predicted molar refractivity (Wildman–Crippen MR) is 59.0 cm³/mol. The molecule has 0 bridgehead atoms. The summed E-state index contributed by atoms with van der Waals surface area (Å²) in [4.78, 5) is 0. The van der Waals surface area contributed by atoms with Gasteiger partial charge in [0.15, 0.2) is 0 Å². The van der Waals surface area contributed by atoms with E-state index in [1.807, 2.05) is 18.2 Å². The molecule has 0 heterocycles.